The number of carbonyl (C=O) groups is 1. The summed E-state index contributed by atoms with van der Waals surface area (Å²) in [4.78, 5) is 18.2. The summed E-state index contributed by atoms with van der Waals surface area (Å²) in [5.41, 5.74) is 8.41. The quantitative estimate of drug-likeness (QED) is 0.928. The number of aromatic nitrogens is 1. The number of benzene rings is 1. The van der Waals surface area contributed by atoms with Crippen LogP contribution in [0, 0.1) is 6.92 Å². The lowest BCUT2D eigenvalue weighted by Gasteiger charge is -2.20. The number of aryl methyl sites for hydroxylation is 1. The summed E-state index contributed by atoms with van der Waals surface area (Å²) in [6.45, 7) is 4.55. The van der Waals surface area contributed by atoms with Crippen molar-refractivity contribution in [2.45, 2.75) is 20.3 Å². The van der Waals surface area contributed by atoms with Crippen LogP contribution in [0.15, 0.2) is 42.6 Å². The summed E-state index contributed by atoms with van der Waals surface area (Å²) in [5, 5.41) is 0. The summed E-state index contributed by atoms with van der Waals surface area (Å²) in [7, 11) is 0. The first-order valence-electron chi connectivity index (χ1n) is 6.67. The van der Waals surface area contributed by atoms with Gasteiger partial charge in [0.25, 0.3) is 0 Å². The molecule has 0 unspecified atom stereocenters. The van der Waals surface area contributed by atoms with Gasteiger partial charge in [-0.15, -0.1) is 0 Å². The van der Waals surface area contributed by atoms with Crippen LogP contribution in [0.1, 0.15) is 18.1 Å². The molecule has 0 atom stereocenters. The summed E-state index contributed by atoms with van der Waals surface area (Å²) in [6.07, 6.45) is 1.94. The third kappa shape index (κ3) is 3.35. The highest BCUT2D eigenvalue weighted by Crippen LogP contribution is 2.14. The van der Waals surface area contributed by atoms with Gasteiger partial charge in [0, 0.05) is 6.54 Å². The van der Waals surface area contributed by atoms with Gasteiger partial charge in [-0.25, -0.2) is 4.98 Å². The van der Waals surface area contributed by atoms with Crippen molar-refractivity contribution in [2.75, 3.05) is 17.2 Å². The molecule has 0 aliphatic rings. The zero-order chi connectivity index (χ0) is 14.5. The number of carbonyl (C=O) groups excluding carboxylic acids is 1. The Labute approximate surface area is 119 Å². The van der Waals surface area contributed by atoms with Crippen molar-refractivity contribution in [2.24, 2.45) is 0 Å². The predicted octanol–water partition coefficient (Wildman–Crippen LogP) is 2.57. The maximum absolute atomic E-state index is 12.4. The molecule has 1 aromatic heterocycles. The fourth-order valence-electron chi connectivity index (χ4n) is 2.00. The Hall–Kier alpha value is -2.36. The lowest BCUT2D eigenvalue weighted by atomic mass is 10.1. The SMILES string of the molecule is CCN(C(=O)Cc1ccc(C)cc1)c1ccc(N)cn1. The number of anilines is 2. The molecule has 0 aliphatic carbocycles. The van der Waals surface area contributed by atoms with Crippen LogP contribution in [0.4, 0.5) is 11.5 Å². The van der Waals surface area contributed by atoms with Gasteiger partial charge in [0.1, 0.15) is 5.82 Å². The standard InChI is InChI=1S/C16H19N3O/c1-3-19(15-9-8-14(17)11-18-15)16(20)10-13-6-4-12(2)5-7-13/h4-9,11H,3,10,17H2,1-2H3. The van der Waals surface area contributed by atoms with E-state index in [4.69, 9.17) is 5.73 Å². The number of nitrogens with zero attached hydrogens (tertiary/aromatic N) is 2. The zero-order valence-electron chi connectivity index (χ0n) is 11.8. The molecule has 4 heteroatoms. The molecular formula is C16H19N3O. The van der Waals surface area contributed by atoms with Gasteiger partial charge < -0.3 is 5.73 Å². The fourth-order valence-corrected chi connectivity index (χ4v) is 2.00. The van der Waals surface area contributed by atoms with Crippen LogP contribution in [0.3, 0.4) is 0 Å². The second kappa shape index (κ2) is 6.19. The Kier molecular flexibility index (Phi) is 4.35. The van der Waals surface area contributed by atoms with Gasteiger partial charge in [0.05, 0.1) is 18.3 Å². The number of hydrogen-bond donors (Lipinski definition) is 1. The highest BCUT2D eigenvalue weighted by molar-refractivity contribution is 5.93. The Balaban J connectivity index is 2.13. The highest BCUT2D eigenvalue weighted by atomic mass is 16.2. The second-order valence-electron chi connectivity index (χ2n) is 4.75. The van der Waals surface area contributed by atoms with E-state index in [2.05, 4.69) is 4.98 Å². The maximum Gasteiger partial charge on any atom is 0.232 e. The van der Waals surface area contributed by atoms with Crippen molar-refractivity contribution in [3.05, 3.63) is 53.7 Å². The van der Waals surface area contributed by atoms with Gasteiger partial charge in [-0.2, -0.15) is 0 Å². The topological polar surface area (TPSA) is 59.2 Å². The third-order valence-corrected chi connectivity index (χ3v) is 3.14. The summed E-state index contributed by atoms with van der Waals surface area (Å²) in [6, 6.07) is 11.5. The average Bonchev–Trinajstić information content (AvgIpc) is 2.44. The molecule has 2 rings (SSSR count). The smallest absolute Gasteiger partial charge is 0.232 e. The van der Waals surface area contributed by atoms with E-state index in [1.54, 1.807) is 23.2 Å². The van der Waals surface area contributed by atoms with Crippen LogP contribution < -0.4 is 10.6 Å². The van der Waals surface area contributed by atoms with Gasteiger partial charge in [-0.05, 0) is 31.5 Å². The van der Waals surface area contributed by atoms with Crippen LogP contribution in [0.5, 0.6) is 0 Å². The van der Waals surface area contributed by atoms with E-state index >= 15 is 0 Å². The number of amides is 1. The van der Waals surface area contributed by atoms with Crippen LogP contribution >= 0.6 is 0 Å². The second-order valence-corrected chi connectivity index (χ2v) is 4.75. The van der Waals surface area contributed by atoms with Crippen LogP contribution in [0.2, 0.25) is 0 Å². The largest absolute Gasteiger partial charge is 0.397 e. The summed E-state index contributed by atoms with van der Waals surface area (Å²) >= 11 is 0. The van der Waals surface area contributed by atoms with Crippen LogP contribution in [0.25, 0.3) is 0 Å². The molecule has 4 nitrogen and oxygen atoms in total. The molecule has 1 amide bonds. The van der Waals surface area contributed by atoms with E-state index in [1.807, 2.05) is 38.1 Å². The molecule has 0 bridgehead atoms. The first kappa shape index (κ1) is 14.1. The first-order chi connectivity index (χ1) is 9.60. The predicted molar refractivity (Wildman–Crippen MR) is 81.6 cm³/mol. The molecule has 2 aromatic rings. The third-order valence-electron chi connectivity index (χ3n) is 3.14. The minimum Gasteiger partial charge on any atom is -0.397 e. The van der Waals surface area contributed by atoms with Gasteiger partial charge in [0.2, 0.25) is 5.91 Å². The number of rotatable bonds is 4. The first-order valence-corrected chi connectivity index (χ1v) is 6.67. The zero-order valence-corrected chi connectivity index (χ0v) is 11.8. The van der Waals surface area contributed by atoms with Crippen molar-refractivity contribution in [1.29, 1.82) is 0 Å². The molecule has 0 fully saturated rings. The number of hydrogen-bond acceptors (Lipinski definition) is 3. The van der Waals surface area contributed by atoms with Crippen molar-refractivity contribution in [3.8, 4) is 0 Å². The van der Waals surface area contributed by atoms with Crippen molar-refractivity contribution in [3.63, 3.8) is 0 Å². The molecule has 0 saturated heterocycles. The molecule has 20 heavy (non-hydrogen) atoms. The number of pyridine rings is 1. The number of nitrogen functional groups attached to an aromatic ring is 1. The fraction of sp³-hybridized carbons (Fsp3) is 0.250. The number of likely N-dealkylation sites (N-methyl/N-ethyl adjacent to an activating group) is 1. The number of nitrogens with two attached hydrogens (primary N) is 1. The molecule has 104 valence electrons. The van der Waals surface area contributed by atoms with Crippen LogP contribution in [-0.2, 0) is 11.2 Å². The molecular weight excluding hydrogens is 250 g/mol. The Bertz CT molecular complexity index is 576. The van der Waals surface area contributed by atoms with E-state index in [0.717, 1.165) is 5.56 Å². The van der Waals surface area contributed by atoms with E-state index in [1.165, 1.54) is 5.56 Å². The molecule has 0 aliphatic heterocycles. The molecule has 2 N–H and O–H groups in total. The Morgan fingerprint density at radius 3 is 2.45 bits per heavy atom. The lowest BCUT2D eigenvalue weighted by Crippen LogP contribution is -2.32. The molecule has 0 spiro atoms. The van der Waals surface area contributed by atoms with E-state index in [0.29, 0.717) is 24.5 Å². The monoisotopic (exact) mass is 269 g/mol. The normalized spacial score (nSPS) is 10.3. The summed E-state index contributed by atoms with van der Waals surface area (Å²) in [5.74, 6) is 0.674. The molecule has 0 saturated carbocycles. The van der Waals surface area contributed by atoms with Crippen molar-refractivity contribution in [1.82, 2.24) is 4.98 Å². The van der Waals surface area contributed by atoms with Crippen LogP contribution in [-0.4, -0.2) is 17.4 Å². The maximum atomic E-state index is 12.4. The van der Waals surface area contributed by atoms with Gasteiger partial charge in [0.15, 0.2) is 0 Å². The highest BCUT2D eigenvalue weighted by Gasteiger charge is 2.15. The average molecular weight is 269 g/mol. The van der Waals surface area contributed by atoms with Crippen molar-refractivity contribution < 1.29 is 4.79 Å². The van der Waals surface area contributed by atoms with E-state index in [9.17, 15) is 4.79 Å². The molecule has 1 heterocycles. The molecule has 1 aromatic carbocycles. The van der Waals surface area contributed by atoms with Crippen molar-refractivity contribution >= 4 is 17.4 Å². The Morgan fingerprint density at radius 1 is 1.20 bits per heavy atom. The summed E-state index contributed by atoms with van der Waals surface area (Å²) < 4.78 is 0. The molecule has 0 radical (unpaired) electrons. The Morgan fingerprint density at radius 2 is 1.90 bits per heavy atom. The van der Waals surface area contributed by atoms with E-state index < -0.39 is 0 Å². The minimum absolute atomic E-state index is 0.0358. The van der Waals surface area contributed by atoms with Gasteiger partial charge in [-0.1, -0.05) is 29.8 Å². The minimum atomic E-state index is 0.0358. The lowest BCUT2D eigenvalue weighted by molar-refractivity contribution is -0.118. The van der Waals surface area contributed by atoms with E-state index in [-0.39, 0.29) is 5.91 Å². The van der Waals surface area contributed by atoms with Gasteiger partial charge >= 0.3 is 0 Å². The van der Waals surface area contributed by atoms with Gasteiger partial charge in [-0.3, -0.25) is 9.69 Å².